The summed E-state index contributed by atoms with van der Waals surface area (Å²) in [6.07, 6.45) is 2.41. The molecule has 0 radical (unpaired) electrons. The molecule has 1 saturated carbocycles. The average molecular weight is 281 g/mol. The summed E-state index contributed by atoms with van der Waals surface area (Å²) < 4.78 is -0.456. The maximum Gasteiger partial charge on any atom is 0.127 e. The zero-order valence-electron chi connectivity index (χ0n) is 11.5. The zero-order valence-corrected chi connectivity index (χ0v) is 14.0. The normalized spacial score (nSPS) is 33.2. The highest BCUT2D eigenvalue weighted by atomic mass is 35.5. The summed E-state index contributed by atoms with van der Waals surface area (Å²) in [6.45, 7) is 14.0. The number of halogens is 2. The Morgan fingerprint density at radius 2 is 1.69 bits per heavy atom. The second kappa shape index (κ2) is 4.48. The molecule has 16 heavy (non-hydrogen) atoms. The van der Waals surface area contributed by atoms with Crippen LogP contribution in [0.4, 0.5) is 0 Å². The Morgan fingerprint density at radius 3 is 2.06 bits per heavy atom. The van der Waals surface area contributed by atoms with Crippen LogP contribution in [-0.4, -0.2) is 12.4 Å². The summed E-state index contributed by atoms with van der Waals surface area (Å²) in [5.74, 6) is 1.27. The van der Waals surface area contributed by atoms with Crippen LogP contribution in [-0.2, 0) is 0 Å². The Bertz CT molecular complexity index is 255. The minimum Gasteiger partial charge on any atom is -0.101 e. The molecule has 1 aliphatic carbocycles. The second-order valence-electron chi connectivity index (χ2n) is 7.29. The van der Waals surface area contributed by atoms with Gasteiger partial charge in [0.1, 0.15) is 4.33 Å². The van der Waals surface area contributed by atoms with Crippen LogP contribution in [0.15, 0.2) is 0 Å². The van der Waals surface area contributed by atoms with E-state index in [4.69, 9.17) is 23.2 Å². The molecule has 1 fully saturated rings. The zero-order chi connectivity index (χ0) is 12.8. The SMILES string of the molecule is CC(C)CCC1(C)C(C[Si](C)(C)C)C1(Cl)Cl. The minimum absolute atomic E-state index is 0.167. The van der Waals surface area contributed by atoms with Crippen molar-refractivity contribution in [2.24, 2.45) is 17.3 Å². The van der Waals surface area contributed by atoms with Gasteiger partial charge in [0.25, 0.3) is 0 Å². The molecule has 0 amide bonds. The highest BCUT2D eigenvalue weighted by molar-refractivity contribution is 6.76. The fourth-order valence-electron chi connectivity index (χ4n) is 2.57. The summed E-state index contributed by atoms with van der Waals surface area (Å²) in [6, 6.07) is 1.26. The Balaban J connectivity index is 2.61. The van der Waals surface area contributed by atoms with Gasteiger partial charge in [0.15, 0.2) is 0 Å². The molecular formula is C13H26Cl2Si. The van der Waals surface area contributed by atoms with Gasteiger partial charge >= 0.3 is 0 Å². The standard InChI is InChI=1S/C13H26Cl2Si/c1-10(2)7-8-12(3)11(13(12,14)15)9-16(4,5)6/h10-11H,7-9H2,1-6H3. The summed E-state index contributed by atoms with van der Waals surface area (Å²) in [5.41, 5.74) is 0.167. The van der Waals surface area contributed by atoms with E-state index in [9.17, 15) is 0 Å². The Hall–Kier alpha value is 0.797. The highest BCUT2D eigenvalue weighted by Crippen LogP contribution is 2.73. The fraction of sp³-hybridized carbons (Fsp3) is 1.00. The van der Waals surface area contributed by atoms with Gasteiger partial charge in [0.2, 0.25) is 0 Å². The Kier molecular flexibility index (Phi) is 4.16. The third-order valence-corrected chi connectivity index (χ3v) is 6.97. The molecule has 0 spiro atoms. The molecule has 2 unspecified atom stereocenters. The fourth-order valence-corrected chi connectivity index (χ4v) is 5.79. The molecule has 0 nitrogen and oxygen atoms in total. The van der Waals surface area contributed by atoms with Crippen molar-refractivity contribution in [3.8, 4) is 0 Å². The monoisotopic (exact) mass is 280 g/mol. The van der Waals surface area contributed by atoms with E-state index < -0.39 is 12.4 Å². The van der Waals surface area contributed by atoms with Crippen LogP contribution in [0, 0.1) is 17.3 Å². The van der Waals surface area contributed by atoms with E-state index in [1.54, 1.807) is 0 Å². The summed E-state index contributed by atoms with van der Waals surface area (Å²) >= 11 is 13.0. The second-order valence-corrected chi connectivity index (χ2v) is 14.2. The van der Waals surface area contributed by atoms with Crippen molar-refractivity contribution in [3.63, 3.8) is 0 Å². The maximum absolute atomic E-state index is 6.49. The highest BCUT2D eigenvalue weighted by Gasteiger charge is 2.72. The lowest BCUT2D eigenvalue weighted by Crippen LogP contribution is -2.21. The van der Waals surface area contributed by atoms with E-state index in [0.717, 1.165) is 5.92 Å². The quantitative estimate of drug-likeness (QED) is 0.456. The van der Waals surface area contributed by atoms with Gasteiger partial charge < -0.3 is 0 Å². The predicted molar refractivity (Wildman–Crippen MR) is 78.3 cm³/mol. The van der Waals surface area contributed by atoms with Crippen LogP contribution in [0.2, 0.25) is 25.7 Å². The molecule has 1 rings (SSSR count). The van der Waals surface area contributed by atoms with Gasteiger partial charge in [0.05, 0.1) is 0 Å². The maximum atomic E-state index is 6.49. The third-order valence-electron chi connectivity index (χ3n) is 3.94. The van der Waals surface area contributed by atoms with Crippen LogP contribution in [0.5, 0.6) is 0 Å². The van der Waals surface area contributed by atoms with Crippen molar-refractivity contribution in [2.75, 3.05) is 0 Å². The molecule has 96 valence electrons. The van der Waals surface area contributed by atoms with E-state index in [1.807, 2.05) is 0 Å². The number of hydrogen-bond acceptors (Lipinski definition) is 0. The smallest absolute Gasteiger partial charge is 0.101 e. The van der Waals surface area contributed by atoms with Gasteiger partial charge in [-0.1, -0.05) is 52.9 Å². The van der Waals surface area contributed by atoms with Gasteiger partial charge in [-0.25, -0.2) is 0 Å². The molecule has 3 heteroatoms. The van der Waals surface area contributed by atoms with Crippen LogP contribution in [0.25, 0.3) is 0 Å². The van der Waals surface area contributed by atoms with E-state index in [1.165, 1.54) is 18.9 Å². The summed E-state index contributed by atoms with van der Waals surface area (Å²) in [7, 11) is -1.06. The summed E-state index contributed by atoms with van der Waals surface area (Å²) in [5, 5.41) is 0. The first-order chi connectivity index (χ1) is 7.01. The topological polar surface area (TPSA) is 0 Å². The van der Waals surface area contributed by atoms with E-state index in [0.29, 0.717) is 5.92 Å². The van der Waals surface area contributed by atoms with Crippen LogP contribution < -0.4 is 0 Å². The molecule has 0 aromatic heterocycles. The molecule has 0 aromatic carbocycles. The first-order valence-electron chi connectivity index (χ1n) is 6.38. The van der Waals surface area contributed by atoms with Crippen LogP contribution in [0.1, 0.15) is 33.6 Å². The Labute approximate surface area is 112 Å². The average Bonchev–Trinajstić information content (AvgIpc) is 2.45. The van der Waals surface area contributed by atoms with Crippen molar-refractivity contribution in [2.45, 2.75) is 63.6 Å². The molecule has 1 aliphatic rings. The first kappa shape index (κ1) is 14.9. The molecule has 0 heterocycles. The molecule has 0 aliphatic heterocycles. The number of hydrogen-bond donors (Lipinski definition) is 0. The van der Waals surface area contributed by atoms with Gasteiger partial charge in [-0.2, -0.15) is 0 Å². The molecule has 0 bridgehead atoms. The van der Waals surface area contributed by atoms with Gasteiger partial charge in [-0.3, -0.25) is 0 Å². The van der Waals surface area contributed by atoms with E-state index in [-0.39, 0.29) is 5.41 Å². The van der Waals surface area contributed by atoms with Gasteiger partial charge in [-0.15, -0.1) is 23.2 Å². The number of rotatable bonds is 5. The molecule has 0 N–H and O–H groups in total. The van der Waals surface area contributed by atoms with Crippen molar-refractivity contribution < 1.29 is 0 Å². The van der Waals surface area contributed by atoms with E-state index >= 15 is 0 Å². The van der Waals surface area contributed by atoms with Crippen molar-refractivity contribution in [3.05, 3.63) is 0 Å². The Morgan fingerprint density at radius 1 is 1.19 bits per heavy atom. The first-order valence-corrected chi connectivity index (χ1v) is 10.8. The molecule has 0 aromatic rings. The van der Waals surface area contributed by atoms with Gasteiger partial charge in [0, 0.05) is 13.5 Å². The van der Waals surface area contributed by atoms with Crippen molar-refractivity contribution in [1.82, 2.24) is 0 Å². The lowest BCUT2D eigenvalue weighted by Gasteiger charge is -2.18. The predicted octanol–water partition coefficient (Wildman–Crippen LogP) is 5.57. The molecular weight excluding hydrogens is 255 g/mol. The van der Waals surface area contributed by atoms with Crippen molar-refractivity contribution in [1.29, 1.82) is 0 Å². The molecule has 0 saturated heterocycles. The third kappa shape index (κ3) is 2.97. The van der Waals surface area contributed by atoms with Crippen molar-refractivity contribution >= 4 is 31.3 Å². The van der Waals surface area contributed by atoms with Crippen LogP contribution in [0.3, 0.4) is 0 Å². The lowest BCUT2D eigenvalue weighted by atomic mass is 9.95. The van der Waals surface area contributed by atoms with Gasteiger partial charge in [-0.05, 0) is 18.3 Å². The summed E-state index contributed by atoms with van der Waals surface area (Å²) in [4.78, 5) is 0. The minimum atomic E-state index is -1.06. The largest absolute Gasteiger partial charge is 0.127 e. The molecule has 2 atom stereocenters. The van der Waals surface area contributed by atoms with Crippen LogP contribution >= 0.6 is 23.2 Å². The van der Waals surface area contributed by atoms with E-state index in [2.05, 4.69) is 40.4 Å². The lowest BCUT2D eigenvalue weighted by molar-refractivity contribution is 0.407. The number of alkyl halides is 2.